The Morgan fingerprint density at radius 3 is 3.13 bits per heavy atom. The minimum Gasteiger partial charge on any atom is -0.345 e. The van der Waals surface area contributed by atoms with E-state index in [4.69, 9.17) is 0 Å². The summed E-state index contributed by atoms with van der Waals surface area (Å²) < 4.78 is 0. The van der Waals surface area contributed by atoms with Gasteiger partial charge in [0.05, 0.1) is 22.4 Å². The summed E-state index contributed by atoms with van der Waals surface area (Å²) in [6.07, 6.45) is 5.71. The molecule has 6 heteroatoms. The zero-order valence-electron chi connectivity index (χ0n) is 13.0. The molecular weight excluding hydrogens is 308 g/mol. The van der Waals surface area contributed by atoms with Gasteiger partial charge in [0, 0.05) is 35.6 Å². The van der Waals surface area contributed by atoms with Gasteiger partial charge in [0.15, 0.2) is 0 Å². The van der Waals surface area contributed by atoms with Crippen molar-refractivity contribution in [2.24, 2.45) is 0 Å². The normalized spacial score (nSPS) is 18.5. The Bertz CT molecular complexity index is 853. The van der Waals surface area contributed by atoms with Crippen LogP contribution in [-0.4, -0.2) is 38.8 Å². The molecule has 1 fully saturated rings. The number of carbonyl (C=O) groups excluding carboxylic acids is 1. The van der Waals surface area contributed by atoms with E-state index in [1.807, 2.05) is 29.3 Å². The number of nitrogens with zero attached hydrogens (tertiary/aromatic N) is 3. The van der Waals surface area contributed by atoms with Crippen molar-refractivity contribution < 1.29 is 4.79 Å². The molecule has 0 radical (unpaired) electrons. The summed E-state index contributed by atoms with van der Waals surface area (Å²) >= 11 is 1.74. The van der Waals surface area contributed by atoms with E-state index in [9.17, 15) is 4.79 Å². The fourth-order valence-corrected chi connectivity index (χ4v) is 4.08. The van der Waals surface area contributed by atoms with Crippen molar-refractivity contribution in [1.82, 2.24) is 19.9 Å². The third-order valence-electron chi connectivity index (χ3n) is 4.36. The smallest absolute Gasteiger partial charge is 0.253 e. The van der Waals surface area contributed by atoms with Gasteiger partial charge in [-0.2, -0.15) is 0 Å². The molecule has 1 aliphatic rings. The Labute approximate surface area is 138 Å². The van der Waals surface area contributed by atoms with Crippen LogP contribution in [0.5, 0.6) is 0 Å². The number of fused-ring (bicyclic) bond motifs is 1. The van der Waals surface area contributed by atoms with Crippen molar-refractivity contribution >= 4 is 28.3 Å². The predicted molar refractivity (Wildman–Crippen MR) is 90.8 cm³/mol. The Hall–Kier alpha value is -2.21. The first-order valence-electron chi connectivity index (χ1n) is 7.85. The van der Waals surface area contributed by atoms with E-state index >= 15 is 0 Å². The van der Waals surface area contributed by atoms with Gasteiger partial charge >= 0.3 is 0 Å². The van der Waals surface area contributed by atoms with E-state index < -0.39 is 0 Å². The Morgan fingerprint density at radius 1 is 1.39 bits per heavy atom. The highest BCUT2D eigenvalue weighted by Crippen LogP contribution is 2.30. The molecule has 118 valence electrons. The summed E-state index contributed by atoms with van der Waals surface area (Å²) in [4.78, 5) is 27.8. The van der Waals surface area contributed by atoms with Crippen LogP contribution in [0, 0.1) is 6.92 Å². The molecule has 5 nitrogen and oxygen atoms in total. The number of hydrogen-bond donors (Lipinski definition) is 1. The third-order valence-corrected chi connectivity index (χ3v) is 5.44. The van der Waals surface area contributed by atoms with Gasteiger partial charge in [-0.15, -0.1) is 11.3 Å². The number of aromatic amines is 1. The lowest BCUT2D eigenvalue weighted by molar-refractivity contribution is 0.0707. The second-order valence-electron chi connectivity index (χ2n) is 6.03. The molecule has 4 rings (SSSR count). The van der Waals surface area contributed by atoms with Crippen molar-refractivity contribution in [2.45, 2.75) is 25.7 Å². The van der Waals surface area contributed by atoms with E-state index in [-0.39, 0.29) is 5.91 Å². The summed E-state index contributed by atoms with van der Waals surface area (Å²) in [5.74, 6) is 0.460. The zero-order valence-corrected chi connectivity index (χ0v) is 13.8. The van der Waals surface area contributed by atoms with Crippen LogP contribution in [0.1, 0.15) is 39.0 Å². The molecule has 1 saturated heterocycles. The van der Waals surface area contributed by atoms with Gasteiger partial charge < -0.3 is 9.88 Å². The van der Waals surface area contributed by atoms with Crippen LogP contribution < -0.4 is 0 Å². The number of imidazole rings is 1. The lowest BCUT2D eigenvalue weighted by Gasteiger charge is -2.32. The maximum atomic E-state index is 12.8. The molecule has 1 aromatic carbocycles. The highest BCUT2D eigenvalue weighted by Gasteiger charge is 2.27. The number of aryl methyl sites for hydroxylation is 1. The first-order valence-corrected chi connectivity index (χ1v) is 8.67. The van der Waals surface area contributed by atoms with Gasteiger partial charge in [0.2, 0.25) is 0 Å². The number of piperidine rings is 1. The first-order chi connectivity index (χ1) is 11.2. The van der Waals surface area contributed by atoms with Gasteiger partial charge in [0.25, 0.3) is 5.91 Å². The average Bonchev–Trinajstić information content (AvgIpc) is 3.22. The number of H-pyrrole nitrogens is 1. The lowest BCUT2D eigenvalue weighted by Crippen LogP contribution is -2.39. The molecule has 0 saturated carbocycles. The lowest BCUT2D eigenvalue weighted by atomic mass is 9.98. The standard InChI is InChI=1S/C17H18N4OS/c1-11-8-18-16(23-11)13-3-2-6-21(9-13)17(22)12-4-5-14-15(7-12)20-10-19-14/h4-5,7-8,10,13H,2-3,6,9H2,1H3,(H,19,20)/t13-/m1/s1. The molecule has 3 heterocycles. The number of likely N-dealkylation sites (tertiary alicyclic amines) is 1. The van der Waals surface area contributed by atoms with Gasteiger partial charge in [-0.05, 0) is 38.0 Å². The van der Waals surface area contributed by atoms with E-state index in [2.05, 4.69) is 21.9 Å². The summed E-state index contributed by atoms with van der Waals surface area (Å²) in [5.41, 5.74) is 2.51. The first kappa shape index (κ1) is 14.4. The topological polar surface area (TPSA) is 61.9 Å². The van der Waals surface area contributed by atoms with Crippen molar-refractivity contribution in [3.8, 4) is 0 Å². The van der Waals surface area contributed by atoms with Gasteiger partial charge in [-0.25, -0.2) is 9.97 Å². The number of aromatic nitrogens is 3. The van der Waals surface area contributed by atoms with Crippen LogP contribution >= 0.6 is 11.3 Å². The minimum absolute atomic E-state index is 0.0967. The van der Waals surface area contributed by atoms with E-state index in [1.54, 1.807) is 17.7 Å². The Balaban J connectivity index is 1.55. The second kappa shape index (κ2) is 5.77. The summed E-state index contributed by atoms with van der Waals surface area (Å²) in [5, 5.41) is 1.16. The van der Waals surface area contributed by atoms with Crippen LogP contribution in [0.3, 0.4) is 0 Å². The van der Waals surface area contributed by atoms with Crippen molar-refractivity contribution in [3.05, 3.63) is 46.2 Å². The molecular formula is C17H18N4OS. The predicted octanol–water partition coefficient (Wildman–Crippen LogP) is 3.35. The fraction of sp³-hybridized carbons (Fsp3) is 0.353. The van der Waals surface area contributed by atoms with Crippen LogP contribution in [0.4, 0.5) is 0 Å². The van der Waals surface area contributed by atoms with Gasteiger partial charge in [0.1, 0.15) is 0 Å². The molecule has 23 heavy (non-hydrogen) atoms. The second-order valence-corrected chi connectivity index (χ2v) is 7.30. The molecule has 0 bridgehead atoms. The average molecular weight is 326 g/mol. The SMILES string of the molecule is Cc1cnc([C@@H]2CCCN(C(=O)c3ccc4nc[nH]c4c3)C2)s1. The Morgan fingerprint density at radius 2 is 2.30 bits per heavy atom. The summed E-state index contributed by atoms with van der Waals surface area (Å²) in [6, 6.07) is 5.65. The van der Waals surface area contributed by atoms with Crippen LogP contribution in [0.15, 0.2) is 30.7 Å². The van der Waals surface area contributed by atoms with Crippen LogP contribution in [0.2, 0.25) is 0 Å². The fourth-order valence-electron chi connectivity index (χ4n) is 3.18. The maximum absolute atomic E-state index is 12.8. The highest BCUT2D eigenvalue weighted by atomic mass is 32.1. The zero-order chi connectivity index (χ0) is 15.8. The molecule has 0 unspecified atom stereocenters. The molecule has 1 amide bonds. The number of rotatable bonds is 2. The maximum Gasteiger partial charge on any atom is 0.253 e. The summed E-state index contributed by atoms with van der Waals surface area (Å²) in [6.45, 7) is 3.65. The highest BCUT2D eigenvalue weighted by molar-refractivity contribution is 7.11. The molecule has 2 aromatic heterocycles. The van der Waals surface area contributed by atoms with Crippen LogP contribution in [0.25, 0.3) is 11.0 Å². The van der Waals surface area contributed by atoms with Crippen molar-refractivity contribution in [1.29, 1.82) is 0 Å². The molecule has 3 aromatic rings. The third kappa shape index (κ3) is 2.74. The Kier molecular flexibility index (Phi) is 3.61. The monoisotopic (exact) mass is 326 g/mol. The number of carbonyl (C=O) groups is 1. The largest absolute Gasteiger partial charge is 0.345 e. The van der Waals surface area contributed by atoms with E-state index in [1.165, 1.54) is 4.88 Å². The number of benzene rings is 1. The number of thiazole rings is 1. The number of hydrogen-bond acceptors (Lipinski definition) is 4. The van der Waals surface area contributed by atoms with E-state index in [0.29, 0.717) is 5.92 Å². The number of amides is 1. The molecule has 0 aliphatic carbocycles. The molecule has 1 N–H and O–H groups in total. The van der Waals surface area contributed by atoms with Crippen molar-refractivity contribution in [3.63, 3.8) is 0 Å². The quantitative estimate of drug-likeness (QED) is 0.785. The molecule has 0 spiro atoms. The molecule has 1 aliphatic heterocycles. The number of nitrogens with one attached hydrogen (secondary N) is 1. The van der Waals surface area contributed by atoms with Gasteiger partial charge in [-0.1, -0.05) is 0 Å². The minimum atomic E-state index is 0.0967. The van der Waals surface area contributed by atoms with Crippen molar-refractivity contribution in [2.75, 3.05) is 13.1 Å². The molecule has 1 atom stereocenters. The summed E-state index contributed by atoms with van der Waals surface area (Å²) in [7, 11) is 0. The van der Waals surface area contributed by atoms with Crippen LogP contribution in [-0.2, 0) is 0 Å². The van der Waals surface area contributed by atoms with E-state index in [0.717, 1.165) is 47.5 Å². The van der Waals surface area contributed by atoms with Gasteiger partial charge in [-0.3, -0.25) is 4.79 Å².